The van der Waals surface area contributed by atoms with E-state index in [-0.39, 0.29) is 29.6 Å². The largest absolute Gasteiger partial charge is 0.387 e. The fourth-order valence-electron chi connectivity index (χ4n) is 2.68. The van der Waals surface area contributed by atoms with Crippen LogP contribution in [0.3, 0.4) is 0 Å². The highest BCUT2D eigenvalue weighted by molar-refractivity contribution is 9.09. The van der Waals surface area contributed by atoms with E-state index in [0.29, 0.717) is 5.56 Å². The van der Waals surface area contributed by atoms with Gasteiger partial charge in [0.2, 0.25) is 5.91 Å². The van der Waals surface area contributed by atoms with Gasteiger partial charge in [0.25, 0.3) is 0 Å². The van der Waals surface area contributed by atoms with Crippen molar-refractivity contribution in [3.8, 4) is 5.75 Å². The maximum atomic E-state index is 12.4. The zero-order valence-corrected chi connectivity index (χ0v) is 17.5. The standard InChI is InChI=1S/C19H22BrNO5S/c1-14(15-6-4-3-5-7-15)21(19(23)12-20)13-18(22)16-8-10-17(11-9-16)26-27(2,24)25/h3-11,14,18,22H,12-13H2,1-2H3/t14-,18-/m1/s1. The van der Waals surface area contributed by atoms with Gasteiger partial charge in [-0.2, -0.15) is 8.42 Å². The molecule has 0 radical (unpaired) electrons. The summed E-state index contributed by atoms with van der Waals surface area (Å²) >= 11 is 3.19. The molecule has 0 aliphatic carbocycles. The molecule has 8 heteroatoms. The van der Waals surface area contributed by atoms with E-state index in [1.807, 2.05) is 37.3 Å². The second-order valence-corrected chi connectivity index (χ2v) is 8.27. The van der Waals surface area contributed by atoms with Crippen molar-refractivity contribution in [2.75, 3.05) is 18.1 Å². The zero-order chi connectivity index (χ0) is 20.0. The highest BCUT2D eigenvalue weighted by atomic mass is 79.9. The third kappa shape index (κ3) is 6.34. The van der Waals surface area contributed by atoms with E-state index in [1.165, 1.54) is 12.1 Å². The van der Waals surface area contributed by atoms with E-state index < -0.39 is 16.2 Å². The van der Waals surface area contributed by atoms with Gasteiger partial charge in [0.1, 0.15) is 5.75 Å². The van der Waals surface area contributed by atoms with Crippen LogP contribution in [0.15, 0.2) is 54.6 Å². The molecule has 0 saturated carbocycles. The summed E-state index contributed by atoms with van der Waals surface area (Å²) in [5.74, 6) is 0.0296. The lowest BCUT2D eigenvalue weighted by Gasteiger charge is -2.31. The van der Waals surface area contributed by atoms with Crippen molar-refractivity contribution in [2.24, 2.45) is 0 Å². The fourth-order valence-corrected chi connectivity index (χ4v) is 3.46. The first-order valence-electron chi connectivity index (χ1n) is 8.29. The minimum absolute atomic E-state index is 0.104. The Bertz CT molecular complexity index is 855. The molecule has 1 amide bonds. The van der Waals surface area contributed by atoms with Crippen molar-refractivity contribution in [2.45, 2.75) is 19.1 Å². The van der Waals surface area contributed by atoms with Crippen LogP contribution in [-0.2, 0) is 14.9 Å². The van der Waals surface area contributed by atoms with Gasteiger partial charge in [-0.1, -0.05) is 58.4 Å². The van der Waals surface area contributed by atoms with Crippen LogP contribution in [-0.4, -0.2) is 42.5 Å². The first-order chi connectivity index (χ1) is 12.7. The van der Waals surface area contributed by atoms with E-state index in [2.05, 4.69) is 15.9 Å². The number of hydrogen-bond donors (Lipinski definition) is 1. The number of rotatable bonds is 8. The van der Waals surface area contributed by atoms with Gasteiger partial charge in [-0.15, -0.1) is 0 Å². The number of alkyl halides is 1. The number of aliphatic hydroxyl groups excluding tert-OH is 1. The molecule has 0 aromatic heterocycles. The molecule has 1 N–H and O–H groups in total. The van der Waals surface area contributed by atoms with Crippen molar-refractivity contribution in [3.63, 3.8) is 0 Å². The van der Waals surface area contributed by atoms with Crippen LogP contribution in [0.4, 0.5) is 0 Å². The molecule has 2 rings (SSSR count). The Labute approximate surface area is 168 Å². The van der Waals surface area contributed by atoms with Gasteiger partial charge in [-0.3, -0.25) is 4.79 Å². The van der Waals surface area contributed by atoms with Crippen molar-refractivity contribution < 1.29 is 22.5 Å². The van der Waals surface area contributed by atoms with E-state index in [9.17, 15) is 18.3 Å². The Balaban J connectivity index is 2.16. The second-order valence-electron chi connectivity index (χ2n) is 6.14. The number of benzene rings is 2. The second kappa shape index (κ2) is 9.34. The Morgan fingerprint density at radius 3 is 2.22 bits per heavy atom. The highest BCUT2D eigenvalue weighted by Gasteiger charge is 2.24. The average Bonchev–Trinajstić information content (AvgIpc) is 2.64. The lowest BCUT2D eigenvalue weighted by molar-refractivity contribution is -0.132. The minimum atomic E-state index is -3.61. The summed E-state index contributed by atoms with van der Waals surface area (Å²) in [6.07, 6.45) is 0.0382. The number of hydrogen-bond acceptors (Lipinski definition) is 5. The molecular weight excluding hydrogens is 434 g/mol. The Morgan fingerprint density at radius 2 is 1.70 bits per heavy atom. The van der Waals surface area contributed by atoms with Gasteiger partial charge in [0.05, 0.1) is 30.3 Å². The van der Waals surface area contributed by atoms with Crippen molar-refractivity contribution in [1.29, 1.82) is 0 Å². The lowest BCUT2D eigenvalue weighted by atomic mass is 10.0. The fraction of sp³-hybridized carbons (Fsp3) is 0.316. The topological polar surface area (TPSA) is 83.9 Å². The maximum Gasteiger partial charge on any atom is 0.306 e. The lowest BCUT2D eigenvalue weighted by Crippen LogP contribution is -2.37. The van der Waals surface area contributed by atoms with Gasteiger partial charge >= 0.3 is 10.1 Å². The number of carbonyl (C=O) groups excluding carboxylic acids is 1. The number of carbonyl (C=O) groups is 1. The molecule has 0 aliphatic rings. The summed E-state index contributed by atoms with van der Waals surface area (Å²) < 4.78 is 27.1. The number of nitrogens with zero attached hydrogens (tertiary/aromatic N) is 1. The van der Waals surface area contributed by atoms with E-state index in [0.717, 1.165) is 11.8 Å². The smallest absolute Gasteiger partial charge is 0.306 e. The summed E-state index contributed by atoms with van der Waals surface area (Å²) in [5, 5.41) is 10.7. The Morgan fingerprint density at radius 1 is 1.11 bits per heavy atom. The third-order valence-corrected chi connectivity index (χ3v) is 5.04. The average molecular weight is 456 g/mol. The quantitative estimate of drug-likeness (QED) is 0.488. The van der Waals surface area contributed by atoms with E-state index >= 15 is 0 Å². The van der Waals surface area contributed by atoms with Gasteiger partial charge in [0, 0.05) is 0 Å². The summed E-state index contributed by atoms with van der Waals surface area (Å²) in [4.78, 5) is 14.0. The van der Waals surface area contributed by atoms with Crippen LogP contribution in [0.2, 0.25) is 0 Å². The van der Waals surface area contributed by atoms with Crippen LogP contribution in [0, 0.1) is 0 Å². The molecule has 0 spiro atoms. The van der Waals surface area contributed by atoms with Gasteiger partial charge in [0.15, 0.2) is 0 Å². The van der Waals surface area contributed by atoms with Crippen LogP contribution in [0.1, 0.15) is 30.2 Å². The molecule has 6 nitrogen and oxygen atoms in total. The molecule has 0 heterocycles. The number of amides is 1. The van der Waals surface area contributed by atoms with E-state index in [4.69, 9.17) is 4.18 Å². The van der Waals surface area contributed by atoms with Crippen LogP contribution in [0.25, 0.3) is 0 Å². The SMILES string of the molecule is C[C@H](c1ccccc1)N(C[C@@H](O)c1ccc(OS(C)(=O)=O)cc1)C(=O)CBr. The molecule has 0 bridgehead atoms. The molecule has 0 fully saturated rings. The van der Waals surface area contributed by atoms with Gasteiger partial charge in [-0.25, -0.2) is 0 Å². The van der Waals surface area contributed by atoms with Crippen LogP contribution >= 0.6 is 15.9 Å². The minimum Gasteiger partial charge on any atom is -0.387 e. The summed E-state index contributed by atoms with van der Waals surface area (Å²) in [6, 6.07) is 15.5. The molecular formula is C19H22BrNO5S. The molecule has 146 valence electrons. The Kier molecular flexibility index (Phi) is 7.41. The first-order valence-corrected chi connectivity index (χ1v) is 11.2. The molecule has 0 unspecified atom stereocenters. The summed E-state index contributed by atoms with van der Waals surface area (Å²) in [5.41, 5.74) is 1.53. The first kappa shape index (κ1) is 21.4. The summed E-state index contributed by atoms with van der Waals surface area (Å²) in [6.45, 7) is 2.01. The number of halogens is 1. The van der Waals surface area contributed by atoms with E-state index in [1.54, 1.807) is 17.0 Å². The molecule has 27 heavy (non-hydrogen) atoms. The zero-order valence-electron chi connectivity index (χ0n) is 15.1. The van der Waals surface area contributed by atoms with Crippen LogP contribution < -0.4 is 4.18 Å². The predicted octanol–water partition coefficient (Wildman–Crippen LogP) is 3.04. The molecule has 0 saturated heterocycles. The van der Waals surface area contributed by atoms with Gasteiger partial charge < -0.3 is 14.2 Å². The van der Waals surface area contributed by atoms with Crippen molar-refractivity contribution >= 4 is 32.0 Å². The predicted molar refractivity (Wildman–Crippen MR) is 107 cm³/mol. The van der Waals surface area contributed by atoms with Gasteiger partial charge in [-0.05, 0) is 30.2 Å². The van der Waals surface area contributed by atoms with Crippen molar-refractivity contribution in [3.05, 3.63) is 65.7 Å². The molecule has 2 atom stereocenters. The van der Waals surface area contributed by atoms with Crippen molar-refractivity contribution in [1.82, 2.24) is 4.90 Å². The molecule has 2 aromatic rings. The highest BCUT2D eigenvalue weighted by Crippen LogP contribution is 2.25. The number of aliphatic hydroxyl groups is 1. The molecule has 0 aliphatic heterocycles. The summed E-state index contributed by atoms with van der Waals surface area (Å²) in [7, 11) is -3.61. The van der Waals surface area contributed by atoms with Crippen LogP contribution in [0.5, 0.6) is 5.75 Å². The normalized spacial score (nSPS) is 13.6. The third-order valence-electron chi connectivity index (χ3n) is 4.07. The maximum absolute atomic E-state index is 12.4. The monoisotopic (exact) mass is 455 g/mol. The molecule has 2 aromatic carbocycles. The Hall–Kier alpha value is -1.90.